The summed E-state index contributed by atoms with van der Waals surface area (Å²) in [7, 11) is -0.917. The zero-order valence-corrected chi connectivity index (χ0v) is 16.5. The molecular formula is C19H21N3O5S. The largest absolute Gasteiger partial charge is 0.446 e. The molecule has 9 heteroatoms. The zero-order chi connectivity index (χ0) is 20.1. The summed E-state index contributed by atoms with van der Waals surface area (Å²) < 4.78 is 30.8. The number of rotatable bonds is 4. The predicted molar refractivity (Wildman–Crippen MR) is 99.7 cm³/mol. The topological polar surface area (TPSA) is 99.9 Å². The lowest BCUT2D eigenvalue weighted by Gasteiger charge is -2.33. The van der Waals surface area contributed by atoms with Gasteiger partial charge in [0.15, 0.2) is 0 Å². The number of carbonyl (C=O) groups excluding carboxylic acids is 2. The van der Waals surface area contributed by atoms with E-state index in [1.54, 1.807) is 0 Å². The number of carbonyl (C=O) groups is 2. The van der Waals surface area contributed by atoms with Crippen LogP contribution in [0.25, 0.3) is 0 Å². The number of aryl methyl sites for hydroxylation is 1. The van der Waals surface area contributed by atoms with Gasteiger partial charge >= 0.3 is 6.03 Å². The fourth-order valence-electron chi connectivity index (χ4n) is 3.87. The number of furan rings is 1. The molecule has 1 N–H and O–H groups in total. The van der Waals surface area contributed by atoms with E-state index in [2.05, 4.69) is 5.32 Å². The number of sulfonamides is 1. The van der Waals surface area contributed by atoms with Crippen molar-refractivity contribution in [3.05, 3.63) is 53.3 Å². The van der Waals surface area contributed by atoms with Crippen molar-refractivity contribution in [2.45, 2.75) is 36.4 Å². The number of hydrogen-bond acceptors (Lipinski definition) is 5. The summed E-state index contributed by atoms with van der Waals surface area (Å²) in [6.07, 6.45) is 2.19. The SMILES string of the molecule is CN(C)S(=O)(=O)c1ccc(CN2C(=O)N[C@@]3(CCCc4ccccc43)C2=O)o1. The summed E-state index contributed by atoms with van der Waals surface area (Å²) in [6, 6.07) is 9.93. The fraction of sp³-hybridized carbons (Fsp3) is 0.368. The van der Waals surface area contributed by atoms with Gasteiger partial charge in [0.25, 0.3) is 15.9 Å². The number of nitrogens with zero attached hydrogens (tertiary/aromatic N) is 2. The lowest BCUT2D eigenvalue weighted by atomic mass is 9.76. The van der Waals surface area contributed by atoms with Gasteiger partial charge in [-0.25, -0.2) is 17.5 Å². The van der Waals surface area contributed by atoms with E-state index in [0.29, 0.717) is 6.42 Å². The second-order valence-corrected chi connectivity index (χ2v) is 9.33. The molecule has 8 nitrogen and oxygen atoms in total. The standard InChI is InChI=1S/C19H21N3O5S/c1-21(2)28(25,26)16-10-9-14(27-16)12-22-17(23)19(20-18(22)24)11-5-7-13-6-3-4-8-15(13)19/h3-4,6,8-10H,5,7,11-12H2,1-2H3,(H,20,24)/t19-/m1/s1. The van der Waals surface area contributed by atoms with Crippen molar-refractivity contribution < 1.29 is 22.4 Å². The van der Waals surface area contributed by atoms with E-state index in [0.717, 1.165) is 33.2 Å². The molecule has 1 spiro atoms. The molecule has 2 heterocycles. The number of benzene rings is 1. The van der Waals surface area contributed by atoms with Gasteiger partial charge in [0.1, 0.15) is 11.3 Å². The first-order valence-electron chi connectivity index (χ1n) is 8.99. The molecule has 148 valence electrons. The molecule has 1 atom stereocenters. The van der Waals surface area contributed by atoms with Gasteiger partial charge in [-0.2, -0.15) is 0 Å². The molecule has 1 aliphatic carbocycles. The summed E-state index contributed by atoms with van der Waals surface area (Å²) >= 11 is 0. The van der Waals surface area contributed by atoms with E-state index < -0.39 is 21.6 Å². The minimum Gasteiger partial charge on any atom is -0.446 e. The highest BCUT2D eigenvalue weighted by atomic mass is 32.2. The molecule has 1 saturated heterocycles. The van der Waals surface area contributed by atoms with Gasteiger partial charge in [0, 0.05) is 14.1 Å². The van der Waals surface area contributed by atoms with Crippen molar-refractivity contribution in [2.24, 2.45) is 0 Å². The molecule has 1 aliphatic heterocycles. The van der Waals surface area contributed by atoms with Crippen LogP contribution in [0.15, 0.2) is 45.9 Å². The number of amides is 3. The van der Waals surface area contributed by atoms with E-state index in [4.69, 9.17) is 4.42 Å². The van der Waals surface area contributed by atoms with Gasteiger partial charge in [-0.15, -0.1) is 0 Å². The van der Waals surface area contributed by atoms with Crippen LogP contribution in [-0.2, 0) is 33.3 Å². The van der Waals surface area contributed by atoms with Gasteiger partial charge in [-0.1, -0.05) is 24.3 Å². The maximum Gasteiger partial charge on any atom is 0.325 e. The first kappa shape index (κ1) is 18.7. The number of fused-ring (bicyclic) bond motifs is 2. The molecule has 2 aliphatic rings. The zero-order valence-electron chi connectivity index (χ0n) is 15.6. The quantitative estimate of drug-likeness (QED) is 0.785. The molecule has 4 rings (SSSR count). The number of urea groups is 1. The number of imide groups is 1. The van der Waals surface area contributed by atoms with Crippen molar-refractivity contribution in [2.75, 3.05) is 14.1 Å². The predicted octanol–water partition coefficient (Wildman–Crippen LogP) is 1.81. The Balaban J connectivity index is 1.63. The van der Waals surface area contributed by atoms with Crippen LogP contribution in [0.1, 0.15) is 29.7 Å². The van der Waals surface area contributed by atoms with Crippen LogP contribution < -0.4 is 5.32 Å². The van der Waals surface area contributed by atoms with Crippen LogP contribution in [-0.4, -0.2) is 43.7 Å². The third-order valence-electron chi connectivity index (χ3n) is 5.34. The van der Waals surface area contributed by atoms with Crippen molar-refractivity contribution in [1.29, 1.82) is 0 Å². The molecule has 0 saturated carbocycles. The van der Waals surface area contributed by atoms with Crippen LogP contribution in [0, 0.1) is 0 Å². The molecular weight excluding hydrogens is 382 g/mol. The normalized spacial score (nSPS) is 22.0. The average molecular weight is 403 g/mol. The minimum atomic E-state index is -3.72. The monoisotopic (exact) mass is 403 g/mol. The Morgan fingerprint density at radius 3 is 2.68 bits per heavy atom. The molecule has 3 amide bonds. The maximum atomic E-state index is 13.2. The highest BCUT2D eigenvalue weighted by Crippen LogP contribution is 2.40. The Kier molecular flexibility index (Phi) is 4.31. The van der Waals surface area contributed by atoms with Crippen LogP contribution in [0.2, 0.25) is 0 Å². The van der Waals surface area contributed by atoms with Crippen molar-refractivity contribution >= 4 is 22.0 Å². The number of nitrogens with one attached hydrogen (secondary N) is 1. The van der Waals surface area contributed by atoms with Crippen molar-refractivity contribution in [1.82, 2.24) is 14.5 Å². The van der Waals surface area contributed by atoms with Crippen LogP contribution >= 0.6 is 0 Å². The third kappa shape index (κ3) is 2.73. The van der Waals surface area contributed by atoms with Gasteiger partial charge in [-0.3, -0.25) is 9.69 Å². The summed E-state index contributed by atoms with van der Waals surface area (Å²) in [6.45, 7) is -0.127. The summed E-state index contributed by atoms with van der Waals surface area (Å²) in [5.74, 6) is -0.108. The van der Waals surface area contributed by atoms with E-state index in [1.807, 2.05) is 24.3 Å². The third-order valence-corrected chi connectivity index (χ3v) is 7.03. The Labute approximate surface area is 163 Å². The Morgan fingerprint density at radius 1 is 1.18 bits per heavy atom. The second-order valence-electron chi connectivity index (χ2n) is 7.25. The van der Waals surface area contributed by atoms with Crippen LogP contribution in [0.3, 0.4) is 0 Å². The smallest absolute Gasteiger partial charge is 0.325 e. The molecule has 0 unspecified atom stereocenters. The highest BCUT2D eigenvalue weighted by Gasteiger charge is 2.54. The van der Waals surface area contributed by atoms with Crippen LogP contribution in [0.5, 0.6) is 0 Å². The fourth-order valence-corrected chi connectivity index (χ4v) is 4.68. The maximum absolute atomic E-state index is 13.2. The molecule has 1 aromatic carbocycles. The molecule has 1 aromatic heterocycles. The van der Waals surface area contributed by atoms with E-state index in [9.17, 15) is 18.0 Å². The lowest BCUT2D eigenvalue weighted by molar-refractivity contribution is -0.132. The lowest BCUT2D eigenvalue weighted by Crippen LogP contribution is -2.46. The molecule has 0 radical (unpaired) electrons. The summed E-state index contributed by atoms with van der Waals surface area (Å²) in [5.41, 5.74) is 0.830. The van der Waals surface area contributed by atoms with Crippen molar-refractivity contribution in [3.8, 4) is 0 Å². The highest BCUT2D eigenvalue weighted by molar-refractivity contribution is 7.88. The Bertz CT molecular complexity index is 1060. The first-order valence-corrected chi connectivity index (χ1v) is 10.4. The average Bonchev–Trinajstić information content (AvgIpc) is 3.22. The Hall–Kier alpha value is -2.65. The molecule has 0 bridgehead atoms. The van der Waals surface area contributed by atoms with Gasteiger partial charge in [0.05, 0.1) is 6.54 Å². The van der Waals surface area contributed by atoms with Crippen molar-refractivity contribution in [3.63, 3.8) is 0 Å². The molecule has 1 fully saturated rings. The second kappa shape index (κ2) is 6.46. The van der Waals surface area contributed by atoms with Gasteiger partial charge < -0.3 is 9.73 Å². The van der Waals surface area contributed by atoms with E-state index in [1.165, 1.54) is 26.2 Å². The first-order chi connectivity index (χ1) is 13.3. The molecule has 2 aromatic rings. The Morgan fingerprint density at radius 2 is 1.93 bits per heavy atom. The van der Waals surface area contributed by atoms with Gasteiger partial charge in [-0.05, 0) is 42.5 Å². The summed E-state index contributed by atoms with van der Waals surface area (Å²) in [4.78, 5) is 26.9. The van der Waals surface area contributed by atoms with E-state index in [-0.39, 0.29) is 23.3 Å². The van der Waals surface area contributed by atoms with Gasteiger partial charge in [0.2, 0.25) is 5.09 Å². The minimum absolute atomic E-state index is 0.127. The summed E-state index contributed by atoms with van der Waals surface area (Å²) in [5, 5.41) is 2.65. The van der Waals surface area contributed by atoms with E-state index >= 15 is 0 Å². The van der Waals surface area contributed by atoms with Crippen LogP contribution in [0.4, 0.5) is 4.79 Å². The molecule has 28 heavy (non-hydrogen) atoms. The number of hydrogen-bond donors (Lipinski definition) is 1.